The highest BCUT2D eigenvalue weighted by Crippen LogP contribution is 2.33. The minimum Gasteiger partial charge on any atom is -0.481 e. The number of rotatable bonds is 16. The van der Waals surface area contributed by atoms with Crippen LogP contribution < -0.4 is 0 Å². The van der Waals surface area contributed by atoms with Crippen molar-refractivity contribution in [2.75, 3.05) is 20.3 Å². The van der Waals surface area contributed by atoms with Gasteiger partial charge in [-0.05, 0) is 33.6 Å². The molecule has 2 fully saturated rings. The Bertz CT molecular complexity index is 1080. The molecule has 0 spiro atoms. The van der Waals surface area contributed by atoms with E-state index in [4.69, 9.17) is 28.8 Å². The summed E-state index contributed by atoms with van der Waals surface area (Å²) in [7, 11) is 1.24. The second kappa shape index (κ2) is 17.0. The van der Waals surface area contributed by atoms with Gasteiger partial charge in [-0.25, -0.2) is 4.79 Å². The zero-order valence-electron chi connectivity index (χ0n) is 26.1. The van der Waals surface area contributed by atoms with Crippen molar-refractivity contribution in [3.63, 3.8) is 0 Å². The van der Waals surface area contributed by atoms with Crippen molar-refractivity contribution in [2.45, 2.75) is 119 Å². The number of carbonyl (C=O) groups is 3. The average molecular weight is 667 g/mol. The van der Waals surface area contributed by atoms with Crippen molar-refractivity contribution in [2.24, 2.45) is 0 Å². The van der Waals surface area contributed by atoms with Crippen LogP contribution in [0.3, 0.4) is 0 Å². The molecule has 0 unspecified atom stereocenters. The molecule has 0 amide bonds. The lowest BCUT2D eigenvalue weighted by Gasteiger charge is -2.47. The molecule has 2 aliphatic heterocycles. The van der Waals surface area contributed by atoms with Crippen LogP contribution in [0.25, 0.3) is 0 Å². The number of hydrogen-bond acceptors (Lipinski definition) is 16. The number of methoxy groups -OCH3 is 1. The first kappa shape index (κ1) is 39.6. The van der Waals surface area contributed by atoms with Gasteiger partial charge in [-0.2, -0.15) is 0 Å². The normalized spacial score (nSPS) is 34.5. The molecule has 8 N–H and O–H groups in total. The summed E-state index contributed by atoms with van der Waals surface area (Å²) >= 11 is 0. The van der Waals surface area contributed by atoms with Crippen LogP contribution in [-0.4, -0.2) is 152 Å². The molecule has 12 atom stereocenters. The van der Waals surface area contributed by atoms with E-state index in [1.54, 1.807) is 19.9 Å². The van der Waals surface area contributed by atoms with E-state index >= 15 is 0 Å². The molecule has 0 saturated carbocycles. The quantitative estimate of drug-likeness (QED) is 0.0486. The molecule has 46 heavy (non-hydrogen) atoms. The van der Waals surface area contributed by atoms with Gasteiger partial charge in [0.25, 0.3) is 0 Å². The van der Waals surface area contributed by atoms with Gasteiger partial charge in [-0.15, -0.1) is 6.58 Å². The Kier molecular flexibility index (Phi) is 14.7. The van der Waals surface area contributed by atoms with Crippen molar-refractivity contribution in [1.29, 1.82) is 0 Å². The van der Waals surface area contributed by atoms with Gasteiger partial charge in [0.05, 0.1) is 37.8 Å². The maximum absolute atomic E-state index is 12.5. The predicted molar refractivity (Wildman–Crippen MR) is 152 cm³/mol. The van der Waals surface area contributed by atoms with E-state index in [2.05, 4.69) is 11.3 Å². The van der Waals surface area contributed by atoms with Crippen molar-refractivity contribution in [1.82, 2.24) is 0 Å². The number of carboxylic acids is 1. The highest BCUT2D eigenvalue weighted by Gasteiger charge is 2.52. The van der Waals surface area contributed by atoms with Gasteiger partial charge >= 0.3 is 17.9 Å². The minimum absolute atomic E-state index is 0.219. The van der Waals surface area contributed by atoms with Gasteiger partial charge in [0, 0.05) is 5.57 Å². The first-order valence-electron chi connectivity index (χ1n) is 14.5. The van der Waals surface area contributed by atoms with Gasteiger partial charge in [-0.3, -0.25) is 9.59 Å². The summed E-state index contributed by atoms with van der Waals surface area (Å²) in [5, 5.41) is 81.5. The molecule has 0 bridgehead atoms. The van der Waals surface area contributed by atoms with Gasteiger partial charge in [-0.1, -0.05) is 12.2 Å². The van der Waals surface area contributed by atoms with E-state index in [-0.39, 0.29) is 6.42 Å². The zero-order valence-corrected chi connectivity index (χ0v) is 26.1. The fourth-order valence-corrected chi connectivity index (χ4v) is 4.86. The lowest BCUT2D eigenvalue weighted by molar-refractivity contribution is -0.366. The molecule has 2 heterocycles. The van der Waals surface area contributed by atoms with Gasteiger partial charge in [0.15, 0.2) is 12.6 Å². The number of hydrogen-bond donors (Lipinski definition) is 8. The Hall–Kier alpha value is -2.55. The molecule has 0 aromatic carbocycles. The van der Waals surface area contributed by atoms with Crippen molar-refractivity contribution in [3.05, 3.63) is 24.3 Å². The van der Waals surface area contributed by atoms with Crippen molar-refractivity contribution >= 4 is 17.9 Å². The third kappa shape index (κ3) is 10.7. The van der Waals surface area contributed by atoms with Gasteiger partial charge < -0.3 is 69.3 Å². The molecule has 0 aromatic rings. The Morgan fingerprint density at radius 2 is 1.52 bits per heavy atom. The molecule has 0 radical (unpaired) electrons. The van der Waals surface area contributed by atoms with E-state index in [1.165, 1.54) is 13.2 Å². The summed E-state index contributed by atoms with van der Waals surface area (Å²) in [5.41, 5.74) is -2.83. The smallest absolute Gasteiger partial charge is 0.333 e. The highest BCUT2D eigenvalue weighted by molar-refractivity contribution is 5.87. The van der Waals surface area contributed by atoms with Crippen LogP contribution in [-0.2, 0) is 42.8 Å². The number of carbonyl (C=O) groups excluding carboxylic acids is 2. The summed E-state index contributed by atoms with van der Waals surface area (Å²) in [4.78, 5) is 35.2. The first-order chi connectivity index (χ1) is 21.4. The third-order valence-corrected chi connectivity index (χ3v) is 7.66. The fourth-order valence-electron chi connectivity index (χ4n) is 4.86. The lowest BCUT2D eigenvalue weighted by atomic mass is 9.95. The Balaban J connectivity index is 2.29. The summed E-state index contributed by atoms with van der Waals surface area (Å²) in [6.07, 6.45) is -15.0. The SMILES string of the molecule is C=C[C@@](C)(CC/C=C(\C)C(=O)OC)O[C@H]1O[C@@H](COC(=O)C[C@](C)(O)CC(=O)O)[C@H](O[C@@H]2O[C@H](CO)[C@@H](O)[C@H](O)[C@@H]2O)[C@@H](O)[C@@H]1O. The maximum Gasteiger partial charge on any atom is 0.333 e. The molecule has 264 valence electrons. The molecular weight excluding hydrogens is 620 g/mol. The zero-order chi connectivity index (χ0) is 35.0. The largest absolute Gasteiger partial charge is 0.481 e. The maximum atomic E-state index is 12.5. The number of aliphatic carboxylic acids is 1. The van der Waals surface area contributed by atoms with E-state index in [0.29, 0.717) is 12.0 Å². The van der Waals surface area contributed by atoms with Crippen LogP contribution in [0.15, 0.2) is 24.3 Å². The van der Waals surface area contributed by atoms with Crippen LogP contribution in [0, 0.1) is 0 Å². The van der Waals surface area contributed by atoms with E-state index < -0.39 is 117 Å². The molecule has 0 aromatic heterocycles. The Morgan fingerprint density at radius 1 is 0.913 bits per heavy atom. The van der Waals surface area contributed by atoms with Gasteiger partial charge in [0.2, 0.25) is 0 Å². The predicted octanol–water partition coefficient (Wildman–Crippen LogP) is -2.36. The molecule has 17 heteroatoms. The summed E-state index contributed by atoms with van der Waals surface area (Å²) in [6, 6.07) is 0. The number of ether oxygens (including phenoxy) is 6. The standard InChI is InChI=1S/C29H46O17/c1-6-29(4,9-7-8-14(2)25(39)41-5)46-27-23(38)21(36)24(45-26-22(37)20(35)19(34)15(12-30)43-26)16(44-27)13-42-18(33)11-28(3,40)10-17(31)32/h6,8,15-16,19-24,26-27,30,34-38,40H,1,7,9-13H2,2-5H3,(H,31,32)/b14-8+/t15-,16+,19-,20+,21+,22+,23+,24+,26+,27-,28-,29+/m1/s1. The number of aliphatic hydroxyl groups is 7. The second-order valence-electron chi connectivity index (χ2n) is 11.8. The van der Waals surface area contributed by atoms with Crippen LogP contribution in [0.5, 0.6) is 0 Å². The number of allylic oxidation sites excluding steroid dienone is 1. The van der Waals surface area contributed by atoms with Crippen molar-refractivity contribution < 1.29 is 83.7 Å². The molecule has 17 nitrogen and oxygen atoms in total. The monoisotopic (exact) mass is 666 g/mol. The topological polar surface area (TPSA) is 268 Å². The lowest BCUT2D eigenvalue weighted by Crippen LogP contribution is -2.65. The van der Waals surface area contributed by atoms with Crippen LogP contribution in [0.2, 0.25) is 0 Å². The van der Waals surface area contributed by atoms with Gasteiger partial charge in [0.1, 0.15) is 55.4 Å². The molecular formula is C29H46O17. The molecule has 2 aliphatic rings. The van der Waals surface area contributed by atoms with Crippen LogP contribution in [0.4, 0.5) is 0 Å². The Labute approximate surface area is 265 Å². The number of carboxylic acid groups (broad SMARTS) is 1. The molecule has 0 aliphatic carbocycles. The van der Waals surface area contributed by atoms with E-state index in [9.17, 15) is 50.1 Å². The van der Waals surface area contributed by atoms with Crippen molar-refractivity contribution in [3.8, 4) is 0 Å². The second-order valence-corrected chi connectivity index (χ2v) is 11.8. The molecule has 2 saturated heterocycles. The average Bonchev–Trinajstić information content (AvgIpc) is 2.98. The minimum atomic E-state index is -1.96. The van der Waals surface area contributed by atoms with Crippen LogP contribution in [0.1, 0.15) is 46.5 Å². The highest BCUT2D eigenvalue weighted by atomic mass is 16.7. The fraction of sp³-hybridized carbons (Fsp3) is 0.759. The summed E-state index contributed by atoms with van der Waals surface area (Å²) < 4.78 is 32.7. The van der Waals surface area contributed by atoms with E-state index in [0.717, 1.165) is 6.92 Å². The molecule has 2 rings (SSSR count). The van der Waals surface area contributed by atoms with Crippen LogP contribution >= 0.6 is 0 Å². The Morgan fingerprint density at radius 3 is 2.09 bits per heavy atom. The number of aliphatic hydroxyl groups excluding tert-OH is 6. The number of esters is 2. The summed E-state index contributed by atoms with van der Waals surface area (Å²) in [6.45, 7) is 6.54. The summed E-state index contributed by atoms with van der Waals surface area (Å²) in [5.74, 6) is -2.94. The van der Waals surface area contributed by atoms with E-state index in [1.807, 2.05) is 0 Å². The third-order valence-electron chi connectivity index (χ3n) is 7.66. The first-order valence-corrected chi connectivity index (χ1v) is 14.5.